The van der Waals surface area contributed by atoms with E-state index in [4.69, 9.17) is 4.74 Å². The first-order valence-electron chi connectivity index (χ1n) is 12.7. The molecule has 0 radical (unpaired) electrons. The number of ether oxygens (including phenoxy) is 1. The lowest BCUT2D eigenvalue weighted by atomic mass is 10.2. The van der Waals surface area contributed by atoms with Crippen LogP contribution < -0.4 is 15.2 Å². The molecule has 2 aliphatic rings. The number of amides is 1. The van der Waals surface area contributed by atoms with Crippen LogP contribution in [0, 0.1) is 5.82 Å². The second-order valence-electron chi connectivity index (χ2n) is 9.91. The number of carboxylic acid groups (broad SMARTS) is 1. The first-order chi connectivity index (χ1) is 19.0. The lowest BCUT2D eigenvalue weighted by Gasteiger charge is -2.39. The maximum atomic E-state index is 14.7. The van der Waals surface area contributed by atoms with Gasteiger partial charge in [0.1, 0.15) is 17.9 Å². The first-order valence-corrected chi connectivity index (χ1v) is 12.7. The first kappa shape index (κ1) is 27.6. The van der Waals surface area contributed by atoms with Crippen molar-refractivity contribution in [3.63, 3.8) is 0 Å². The number of para-hydroxylation sites is 1. The van der Waals surface area contributed by atoms with Gasteiger partial charge in [0.15, 0.2) is 11.3 Å². The molecule has 0 bridgehead atoms. The molecule has 2 atom stereocenters. The minimum absolute atomic E-state index is 0.0440. The highest BCUT2D eigenvalue weighted by Gasteiger charge is 2.40. The van der Waals surface area contributed by atoms with Gasteiger partial charge in [-0.05, 0) is 45.5 Å². The second-order valence-corrected chi connectivity index (χ2v) is 9.91. The third kappa shape index (κ3) is 5.12. The predicted molar refractivity (Wildman–Crippen MR) is 135 cm³/mol. The SMILES string of the molecule is CC1CN(C(=O)O)CCN1c1nc(OCC2CCCN2C)nc2c(=O)n(-c3ccccc3F)c(C(F)(F)F)nc12. The summed E-state index contributed by atoms with van der Waals surface area (Å²) in [7, 11) is 1.94. The highest BCUT2D eigenvalue weighted by Crippen LogP contribution is 2.33. The van der Waals surface area contributed by atoms with E-state index < -0.39 is 52.2 Å². The number of hydrogen-bond donors (Lipinski definition) is 1. The van der Waals surface area contributed by atoms with Crippen LogP contribution in [0.5, 0.6) is 6.01 Å². The maximum Gasteiger partial charge on any atom is 0.450 e. The number of likely N-dealkylation sites (tertiary alicyclic amines) is 1. The summed E-state index contributed by atoms with van der Waals surface area (Å²) in [4.78, 5) is 42.3. The van der Waals surface area contributed by atoms with Crippen molar-refractivity contribution in [1.29, 1.82) is 0 Å². The number of alkyl halides is 3. The highest BCUT2D eigenvalue weighted by molar-refractivity contribution is 5.86. The Bertz CT molecular complexity index is 1500. The largest absolute Gasteiger partial charge is 0.465 e. The van der Waals surface area contributed by atoms with Crippen LogP contribution in [0.2, 0.25) is 0 Å². The van der Waals surface area contributed by atoms with Crippen molar-refractivity contribution in [3.05, 3.63) is 46.3 Å². The summed E-state index contributed by atoms with van der Waals surface area (Å²) < 4.78 is 63.5. The van der Waals surface area contributed by atoms with Crippen LogP contribution in [0.15, 0.2) is 29.1 Å². The topological polar surface area (TPSA) is 117 Å². The van der Waals surface area contributed by atoms with Gasteiger partial charge in [-0.15, -0.1) is 0 Å². The van der Waals surface area contributed by atoms with Crippen LogP contribution in [0.3, 0.4) is 0 Å². The standard InChI is InChI=1S/C25H27F4N7O4/c1-14-12-34(24(38)39)10-11-35(14)20-18-19(31-23(32-20)40-13-15-6-5-9-33(15)2)21(37)36(22(30-18)25(27,28)29)17-8-4-3-7-16(17)26/h3-4,7-8,14-15H,5-6,9-13H2,1-2H3,(H,38,39). The van der Waals surface area contributed by atoms with Crippen molar-refractivity contribution in [2.75, 3.05) is 44.7 Å². The lowest BCUT2D eigenvalue weighted by Crippen LogP contribution is -2.53. The summed E-state index contributed by atoms with van der Waals surface area (Å²) in [5, 5.41) is 9.39. The average molecular weight is 566 g/mol. The van der Waals surface area contributed by atoms with Crippen molar-refractivity contribution in [1.82, 2.24) is 29.3 Å². The quantitative estimate of drug-likeness (QED) is 0.466. The summed E-state index contributed by atoms with van der Waals surface area (Å²) in [6, 6.07) is 3.86. The Labute approximate surface area is 225 Å². The zero-order valence-electron chi connectivity index (χ0n) is 21.7. The van der Waals surface area contributed by atoms with E-state index in [1.54, 1.807) is 11.8 Å². The molecule has 40 heavy (non-hydrogen) atoms. The number of aromatic nitrogens is 4. The highest BCUT2D eigenvalue weighted by atomic mass is 19.4. The molecule has 0 saturated carbocycles. The number of likely N-dealkylation sites (N-methyl/N-ethyl adjacent to an activating group) is 1. The van der Waals surface area contributed by atoms with Crippen molar-refractivity contribution in [2.24, 2.45) is 0 Å². The number of hydrogen-bond acceptors (Lipinski definition) is 8. The van der Waals surface area contributed by atoms with E-state index in [-0.39, 0.29) is 48.7 Å². The number of anilines is 1. The Hall–Kier alpha value is -4.01. The van der Waals surface area contributed by atoms with Crippen LogP contribution >= 0.6 is 0 Å². The Morgan fingerprint density at radius 1 is 1.12 bits per heavy atom. The van der Waals surface area contributed by atoms with E-state index in [9.17, 15) is 32.3 Å². The third-order valence-corrected chi connectivity index (χ3v) is 7.27. The van der Waals surface area contributed by atoms with Crippen molar-refractivity contribution < 1.29 is 32.2 Å². The van der Waals surface area contributed by atoms with E-state index in [1.165, 1.54) is 17.0 Å². The molecule has 2 saturated heterocycles. The van der Waals surface area contributed by atoms with Crippen molar-refractivity contribution >= 4 is 22.9 Å². The number of carbonyl (C=O) groups is 1. The van der Waals surface area contributed by atoms with Gasteiger partial charge in [-0.1, -0.05) is 12.1 Å². The Kier molecular flexibility index (Phi) is 7.25. The van der Waals surface area contributed by atoms with E-state index in [0.717, 1.165) is 31.5 Å². The van der Waals surface area contributed by atoms with Crippen LogP contribution in [0.1, 0.15) is 25.6 Å². The lowest BCUT2D eigenvalue weighted by molar-refractivity contribution is -0.146. The molecule has 15 heteroatoms. The summed E-state index contributed by atoms with van der Waals surface area (Å²) >= 11 is 0. The minimum atomic E-state index is -5.14. The third-order valence-electron chi connectivity index (χ3n) is 7.27. The van der Waals surface area contributed by atoms with E-state index >= 15 is 0 Å². The maximum absolute atomic E-state index is 14.7. The second kappa shape index (κ2) is 10.5. The molecule has 11 nitrogen and oxygen atoms in total. The number of fused-ring (bicyclic) bond motifs is 1. The van der Waals surface area contributed by atoms with Gasteiger partial charge in [0.25, 0.3) is 5.56 Å². The molecular formula is C25H27F4N7O4. The van der Waals surface area contributed by atoms with Gasteiger partial charge < -0.3 is 24.5 Å². The summed E-state index contributed by atoms with van der Waals surface area (Å²) in [5.74, 6) is -2.79. The predicted octanol–water partition coefficient (Wildman–Crippen LogP) is 3.00. The van der Waals surface area contributed by atoms with Crippen LogP contribution in [0.4, 0.5) is 28.2 Å². The van der Waals surface area contributed by atoms with Crippen LogP contribution in [-0.4, -0.2) is 92.4 Å². The molecule has 4 heterocycles. The molecule has 1 aromatic carbocycles. The molecule has 1 amide bonds. The molecule has 3 aromatic rings. The number of halogens is 4. The summed E-state index contributed by atoms with van der Waals surface area (Å²) in [5.41, 5.74) is -2.80. The van der Waals surface area contributed by atoms with Gasteiger partial charge in [0.05, 0.1) is 5.69 Å². The molecule has 2 aromatic heterocycles. The van der Waals surface area contributed by atoms with Gasteiger partial charge in [-0.25, -0.2) is 14.2 Å². The zero-order valence-corrected chi connectivity index (χ0v) is 21.7. The fourth-order valence-electron chi connectivity index (χ4n) is 5.15. The monoisotopic (exact) mass is 565 g/mol. The number of benzene rings is 1. The van der Waals surface area contributed by atoms with Crippen molar-refractivity contribution in [3.8, 4) is 11.7 Å². The number of nitrogens with zero attached hydrogens (tertiary/aromatic N) is 7. The molecule has 1 N–H and O–H groups in total. The average Bonchev–Trinajstić information content (AvgIpc) is 3.31. The minimum Gasteiger partial charge on any atom is -0.465 e. The van der Waals surface area contributed by atoms with Gasteiger partial charge >= 0.3 is 18.3 Å². The van der Waals surface area contributed by atoms with E-state index in [1.807, 2.05) is 7.05 Å². The van der Waals surface area contributed by atoms with Gasteiger partial charge in [0.2, 0.25) is 5.82 Å². The van der Waals surface area contributed by atoms with Crippen LogP contribution in [0.25, 0.3) is 16.7 Å². The molecule has 0 aliphatic carbocycles. The van der Waals surface area contributed by atoms with Crippen molar-refractivity contribution in [2.45, 2.75) is 38.0 Å². The van der Waals surface area contributed by atoms with Gasteiger partial charge in [-0.2, -0.15) is 23.1 Å². The zero-order chi connectivity index (χ0) is 28.8. The fraction of sp³-hybridized carbons (Fsp3) is 0.480. The van der Waals surface area contributed by atoms with Gasteiger partial charge in [0, 0.05) is 31.7 Å². The smallest absolute Gasteiger partial charge is 0.450 e. The molecule has 2 unspecified atom stereocenters. The Morgan fingerprint density at radius 3 is 2.50 bits per heavy atom. The van der Waals surface area contributed by atoms with Gasteiger partial charge in [-0.3, -0.25) is 9.36 Å². The molecule has 5 rings (SSSR count). The molecular weight excluding hydrogens is 538 g/mol. The molecule has 2 fully saturated rings. The molecule has 0 spiro atoms. The normalized spacial score (nSPS) is 20.4. The number of piperazine rings is 1. The Balaban J connectivity index is 1.71. The van der Waals surface area contributed by atoms with E-state index in [2.05, 4.69) is 19.9 Å². The molecule has 214 valence electrons. The van der Waals surface area contributed by atoms with E-state index in [0.29, 0.717) is 0 Å². The Morgan fingerprint density at radius 2 is 1.88 bits per heavy atom. The summed E-state index contributed by atoms with van der Waals surface area (Å²) in [6.45, 7) is 2.90. The summed E-state index contributed by atoms with van der Waals surface area (Å²) in [6.07, 6.45) is -4.43. The van der Waals surface area contributed by atoms with Crippen LogP contribution in [-0.2, 0) is 6.18 Å². The fourth-order valence-corrected chi connectivity index (χ4v) is 5.15. The number of rotatable bonds is 5. The molecule has 2 aliphatic heterocycles.